The summed E-state index contributed by atoms with van der Waals surface area (Å²) in [4.78, 5) is 184. The minimum absolute atomic E-state index is 0.0317. The van der Waals surface area contributed by atoms with Crippen LogP contribution >= 0.6 is 19.6 Å². The molecule has 4 saturated heterocycles. The average Bonchev–Trinajstić information content (AvgIpc) is 0.817. The zero-order valence-electron chi connectivity index (χ0n) is 83.8. The summed E-state index contributed by atoms with van der Waals surface area (Å²) in [6.45, 7) is 2.73. The van der Waals surface area contributed by atoms with E-state index in [1.54, 1.807) is 0 Å². The van der Waals surface area contributed by atoms with Crippen molar-refractivity contribution in [3.63, 3.8) is 0 Å². The molecule has 0 radical (unpaired) electrons. The van der Waals surface area contributed by atoms with Crippen molar-refractivity contribution < 1.29 is 190 Å². The number of carbonyl (C=O) groups is 13. The van der Waals surface area contributed by atoms with Gasteiger partial charge in [-0.2, -0.15) is 0 Å². The van der Waals surface area contributed by atoms with Crippen LogP contribution in [0.15, 0.2) is 18.2 Å². The van der Waals surface area contributed by atoms with Gasteiger partial charge in [0.2, 0.25) is 59.1 Å². The second-order valence-electron chi connectivity index (χ2n) is 36.2. The molecule has 0 aromatic heterocycles. The number of aliphatic carboxylic acids is 1. The van der Waals surface area contributed by atoms with E-state index in [0.717, 1.165) is 13.2 Å². The summed E-state index contributed by atoms with van der Waals surface area (Å²) in [5.74, 6) is -8.21. The van der Waals surface area contributed by atoms with Gasteiger partial charge in [-0.1, -0.05) is 70.6 Å². The highest BCUT2D eigenvalue weighted by Crippen LogP contribution is 2.37. The van der Waals surface area contributed by atoms with Crippen LogP contribution in [0.3, 0.4) is 0 Å². The molecule has 12 amide bonds. The quantitative estimate of drug-likeness (QED) is 0.0216. The van der Waals surface area contributed by atoms with Crippen LogP contribution in [0, 0.1) is 0 Å². The summed E-state index contributed by atoms with van der Waals surface area (Å²) in [6, 6.07) is -3.86. The van der Waals surface area contributed by atoms with Crippen LogP contribution in [-0.4, -0.2) is 401 Å². The summed E-state index contributed by atoms with van der Waals surface area (Å²) in [6.07, 6.45) is -12.0. The molecule has 0 aliphatic carbocycles. The number of aliphatic hydroxyl groups is 12. The van der Waals surface area contributed by atoms with Crippen LogP contribution in [0.25, 0.3) is 0 Å². The van der Waals surface area contributed by atoms with Gasteiger partial charge in [-0.3, -0.25) is 66.9 Å². The van der Waals surface area contributed by atoms with Gasteiger partial charge in [0, 0.05) is 124 Å². The first-order valence-electron chi connectivity index (χ1n) is 50.2. The fraction of sp³-hybridized carbons (Fsp3) is 0.796. The second-order valence-corrected chi connectivity index (χ2v) is 39.0. The van der Waals surface area contributed by atoms with Gasteiger partial charge in [0.25, 0.3) is 19.6 Å². The highest BCUT2D eigenvalue weighted by molar-refractivity contribution is 8.00. The van der Waals surface area contributed by atoms with Crippen molar-refractivity contribution in [3.8, 4) is 5.75 Å². The zero-order chi connectivity index (χ0) is 108. The van der Waals surface area contributed by atoms with Gasteiger partial charge in [-0.25, -0.2) is 0 Å². The van der Waals surface area contributed by atoms with Crippen LogP contribution < -0.4 is 73.4 Å². The molecule has 0 spiro atoms. The van der Waals surface area contributed by atoms with Gasteiger partial charge in [0.05, 0.1) is 51.2 Å². The smallest absolute Gasteiger partial charge is 0.305 e. The van der Waals surface area contributed by atoms with E-state index in [-0.39, 0.29) is 128 Å². The standard InChI is InChI=1S/C93H159N12O39PS/c1-55(110)100-73-81(123)77(119)64(51-106)141-90(73)136-40-23-10-6-18-34-94-70(115)32-30-62(87(129)97-36-20-8-12-25-42-138-92-75(102-57(3)112)83(125)79(121)66(53-108)143-92)104-85(127)59-47-60(49-61(48-59)135-45-39-96-69(114)29-17-16-22-38-99-89(131)68(50-72(117)118)146-46-28-15-14-27-44-140-145(132,133)134-5)86(128)105-63(88(130)98-37-21-9-13-26-43-139-93-76(103-58(4)113)84(126)80(122)67(54-109)144-93)31-33-71(116)95-35-19-7-11-24-41-137-91-74(101-56(2)111)82(124)78(120)65(52-107)142-91/h47-49,62-68,73-84,90-93,106-109,119-126H,6-46,50-54H2,1-5H3,(H,94,115)(H,95,116)(H,96,114)(H,97,129)(H,98,130)(H,99,131)(H,100,110)(H,101,111)(H,102,112)(H,103,113)(H,104,127)(H,105,128)(H,117,118)(H,132,133)/p-1. The van der Waals surface area contributed by atoms with Crippen molar-refractivity contribution in [1.29, 1.82) is 0 Å². The minimum atomic E-state index is -4.34. The molecule has 4 aliphatic rings. The number of hydrogen-bond donors (Lipinski definition) is 25. The molecular weight excluding hydrogens is 1970 g/mol. The predicted octanol–water partition coefficient (Wildman–Crippen LogP) is -4.57. The van der Waals surface area contributed by atoms with Crippen LogP contribution in [-0.2, 0) is 104 Å². The van der Waals surface area contributed by atoms with Crippen LogP contribution in [0.4, 0.5) is 0 Å². The third-order valence-corrected chi connectivity index (χ3v) is 26.5. The molecule has 1 aromatic carbocycles. The zero-order valence-corrected chi connectivity index (χ0v) is 85.5. The number of amides is 12. The third kappa shape index (κ3) is 48.8. The predicted molar refractivity (Wildman–Crippen MR) is 516 cm³/mol. The third-order valence-electron chi connectivity index (χ3n) is 24.2. The van der Waals surface area contributed by atoms with Crippen molar-refractivity contribution in [2.45, 2.75) is 354 Å². The Kier molecular flexibility index (Phi) is 62.8. The van der Waals surface area contributed by atoms with E-state index >= 15 is 0 Å². The Labute approximate surface area is 853 Å². The Morgan fingerprint density at radius 3 is 1.01 bits per heavy atom. The second kappa shape index (κ2) is 71.5. The van der Waals surface area contributed by atoms with E-state index in [9.17, 15) is 138 Å². The van der Waals surface area contributed by atoms with E-state index in [0.29, 0.717) is 153 Å². The number of ether oxygens (including phenoxy) is 9. The molecule has 146 heavy (non-hydrogen) atoms. The maximum Gasteiger partial charge on any atom is 0.305 e. The molecule has 53 heteroatoms. The summed E-state index contributed by atoms with van der Waals surface area (Å²) in [5, 5.41) is 164. The fourth-order valence-corrected chi connectivity index (χ4v) is 17.8. The van der Waals surface area contributed by atoms with Crippen LogP contribution in [0.1, 0.15) is 235 Å². The van der Waals surface area contributed by atoms with E-state index in [1.165, 1.54) is 51.6 Å². The molecule has 24 unspecified atom stereocenters. The normalized spacial score (nSPS) is 25.0. The lowest BCUT2D eigenvalue weighted by molar-refractivity contribution is -0.270. The number of thioether (sulfide) groups is 1. The molecule has 4 heterocycles. The van der Waals surface area contributed by atoms with E-state index < -0.39 is 257 Å². The number of phosphoric acid groups is 1. The summed E-state index contributed by atoms with van der Waals surface area (Å²) in [7, 11) is -3.35. The number of hydrogen-bond acceptors (Lipinski definition) is 39. The lowest BCUT2D eigenvalue weighted by Crippen LogP contribution is -2.64. The van der Waals surface area contributed by atoms with Gasteiger partial charge in [0.1, 0.15) is 122 Å². The Hall–Kier alpha value is -8.21. The number of carboxylic acids is 1. The highest BCUT2D eigenvalue weighted by Gasteiger charge is 2.50. The lowest BCUT2D eigenvalue weighted by atomic mass is 9.97. The topological polar surface area (TPSA) is 771 Å². The Morgan fingerprint density at radius 2 is 0.678 bits per heavy atom. The number of carbonyl (C=O) groups excluding carboxylic acids is 12. The molecule has 0 saturated carbocycles. The van der Waals surface area contributed by atoms with Crippen LogP contribution in [0.2, 0.25) is 0 Å². The monoisotopic (exact) mass is 2130 g/mol. The Balaban J connectivity index is 1.34. The first-order chi connectivity index (χ1) is 69.8. The number of phosphoric ester groups is 1. The van der Waals surface area contributed by atoms with E-state index in [1.807, 2.05) is 0 Å². The summed E-state index contributed by atoms with van der Waals surface area (Å²) < 4.78 is 72.5. The van der Waals surface area contributed by atoms with Gasteiger partial charge in [0.15, 0.2) is 25.2 Å². The molecule has 51 nitrogen and oxygen atoms in total. The van der Waals surface area contributed by atoms with Crippen molar-refractivity contribution in [3.05, 3.63) is 29.3 Å². The van der Waals surface area contributed by atoms with Gasteiger partial charge in [-0.15, -0.1) is 11.8 Å². The molecule has 836 valence electrons. The first-order valence-corrected chi connectivity index (χ1v) is 52.7. The highest BCUT2D eigenvalue weighted by atomic mass is 32.2. The maximum absolute atomic E-state index is 15.0. The van der Waals surface area contributed by atoms with Crippen molar-refractivity contribution in [1.82, 2.24) is 63.8 Å². The average molecular weight is 2130 g/mol. The lowest BCUT2D eigenvalue weighted by Gasteiger charge is -2.42. The SMILES string of the molecule is COP(=O)([O-])OCCCCCCSC(CC(=O)O)C(=O)NCCCCCC(=O)NCCOc1cc(C(=O)NC(CCC(=O)NCCCCCCOC2OC(CO)C(O)C(O)C2NC(C)=O)C(=O)NCCCCCCOC2OC(CO)C(O)C(O)C2NC(C)=O)cc(C(=O)NC(CCC(=O)NCCCCCCOC2OC(CO)C(O)C(O)C2NC(C)=O)C(=O)NCCCCCCOC2OC(CO)C(O)C(O)C2NC(C)=O)c1. The Morgan fingerprint density at radius 1 is 0.377 bits per heavy atom. The molecular formula is C93H158N12O39PS-. The molecule has 4 aliphatic heterocycles. The first kappa shape index (κ1) is 128. The number of benzene rings is 1. The summed E-state index contributed by atoms with van der Waals surface area (Å²) in [5.41, 5.74) is -0.569. The van der Waals surface area contributed by atoms with Crippen LogP contribution in [0.5, 0.6) is 5.75 Å². The molecule has 24 atom stereocenters. The molecule has 5 rings (SSSR count). The van der Waals surface area contributed by atoms with Gasteiger partial charge >= 0.3 is 5.97 Å². The fourth-order valence-electron chi connectivity index (χ4n) is 16.1. The van der Waals surface area contributed by atoms with E-state index in [4.69, 9.17) is 47.2 Å². The number of carboxylic acid groups (broad SMARTS) is 1. The van der Waals surface area contributed by atoms with E-state index in [2.05, 4.69) is 68.3 Å². The van der Waals surface area contributed by atoms with Crippen molar-refractivity contribution >= 4 is 96.4 Å². The van der Waals surface area contributed by atoms with Gasteiger partial charge in [-0.05, 0) is 114 Å². The summed E-state index contributed by atoms with van der Waals surface area (Å²) >= 11 is 1.19. The van der Waals surface area contributed by atoms with Gasteiger partial charge < -0.3 is 187 Å². The molecule has 25 N–H and O–H groups in total. The molecule has 0 bridgehead atoms. The number of unbranched alkanes of at least 4 members (excludes halogenated alkanes) is 17. The van der Waals surface area contributed by atoms with Crippen molar-refractivity contribution in [2.75, 3.05) is 118 Å². The molecule has 4 fully saturated rings. The molecule has 1 aromatic rings. The number of rotatable bonds is 75. The number of nitrogens with one attached hydrogen (secondary N) is 12. The number of aliphatic hydroxyl groups excluding tert-OH is 12. The largest absolute Gasteiger partial charge is 0.756 e. The van der Waals surface area contributed by atoms with Crippen molar-refractivity contribution in [2.24, 2.45) is 0 Å². The minimum Gasteiger partial charge on any atom is -0.756 e. The Bertz CT molecular complexity index is 3940. The maximum atomic E-state index is 15.0.